The summed E-state index contributed by atoms with van der Waals surface area (Å²) < 4.78 is 5.67. The monoisotopic (exact) mass is 242 g/mol. The van der Waals surface area contributed by atoms with Gasteiger partial charge in [-0.3, -0.25) is 0 Å². The van der Waals surface area contributed by atoms with Crippen molar-refractivity contribution >= 4 is 11.6 Å². The molecule has 0 aromatic heterocycles. The minimum atomic E-state index is 0.448. The van der Waals surface area contributed by atoms with E-state index in [-0.39, 0.29) is 0 Å². The number of para-hydroxylation sites is 1. The molecule has 0 saturated heterocycles. The van der Waals surface area contributed by atoms with Gasteiger partial charge in [0, 0.05) is 18.7 Å². The van der Waals surface area contributed by atoms with Gasteiger partial charge in [-0.25, -0.2) is 0 Å². The fourth-order valence-electron chi connectivity index (χ4n) is 1.43. The molecule has 0 spiro atoms. The molecule has 0 heterocycles. The van der Waals surface area contributed by atoms with Crippen molar-refractivity contribution < 1.29 is 4.74 Å². The molecule has 1 aromatic rings. The molecular formula is C12H19ClN2O. The third-order valence-corrected chi connectivity index (χ3v) is 2.56. The van der Waals surface area contributed by atoms with Crippen molar-refractivity contribution in [3.63, 3.8) is 0 Å². The summed E-state index contributed by atoms with van der Waals surface area (Å²) in [5.41, 5.74) is 6.58. The molecule has 0 fully saturated rings. The van der Waals surface area contributed by atoms with Crippen LogP contribution < -0.4 is 10.5 Å². The zero-order valence-electron chi connectivity index (χ0n) is 9.87. The predicted molar refractivity (Wildman–Crippen MR) is 68.0 cm³/mol. The molecule has 3 nitrogen and oxygen atoms in total. The van der Waals surface area contributed by atoms with Crippen LogP contribution in [0, 0.1) is 0 Å². The second-order valence-corrected chi connectivity index (χ2v) is 4.34. The van der Waals surface area contributed by atoms with Gasteiger partial charge in [-0.1, -0.05) is 23.7 Å². The minimum absolute atomic E-state index is 0.448. The van der Waals surface area contributed by atoms with Crippen molar-refractivity contribution in [3.8, 4) is 5.75 Å². The van der Waals surface area contributed by atoms with E-state index in [1.807, 2.05) is 32.3 Å². The van der Waals surface area contributed by atoms with Crippen molar-refractivity contribution in [2.45, 2.75) is 13.0 Å². The minimum Gasteiger partial charge on any atom is -0.492 e. The van der Waals surface area contributed by atoms with Crippen LogP contribution in [0.4, 0.5) is 0 Å². The SMILES string of the molecule is CN(C)CCCOc1c(Cl)cccc1CN. The molecule has 16 heavy (non-hydrogen) atoms. The lowest BCUT2D eigenvalue weighted by atomic mass is 10.2. The highest BCUT2D eigenvalue weighted by atomic mass is 35.5. The van der Waals surface area contributed by atoms with Gasteiger partial charge >= 0.3 is 0 Å². The van der Waals surface area contributed by atoms with Gasteiger partial charge in [0.2, 0.25) is 0 Å². The largest absolute Gasteiger partial charge is 0.492 e. The number of hydrogen-bond acceptors (Lipinski definition) is 3. The fourth-order valence-corrected chi connectivity index (χ4v) is 1.68. The summed E-state index contributed by atoms with van der Waals surface area (Å²) in [6, 6.07) is 5.65. The number of benzene rings is 1. The lowest BCUT2D eigenvalue weighted by Crippen LogP contribution is -2.16. The van der Waals surface area contributed by atoms with Gasteiger partial charge in [0.15, 0.2) is 0 Å². The average Bonchev–Trinajstić information content (AvgIpc) is 2.25. The summed E-state index contributed by atoms with van der Waals surface area (Å²) in [5.74, 6) is 0.727. The van der Waals surface area contributed by atoms with Crippen LogP contribution in [0.3, 0.4) is 0 Å². The molecule has 0 amide bonds. The van der Waals surface area contributed by atoms with Gasteiger partial charge in [-0.05, 0) is 26.6 Å². The smallest absolute Gasteiger partial charge is 0.142 e. The van der Waals surface area contributed by atoms with Gasteiger partial charge in [0.1, 0.15) is 5.75 Å². The van der Waals surface area contributed by atoms with E-state index in [1.165, 1.54) is 0 Å². The van der Waals surface area contributed by atoms with E-state index in [4.69, 9.17) is 22.1 Å². The van der Waals surface area contributed by atoms with E-state index in [0.29, 0.717) is 18.2 Å². The van der Waals surface area contributed by atoms with Crippen LogP contribution in [-0.2, 0) is 6.54 Å². The van der Waals surface area contributed by atoms with Crippen molar-refractivity contribution in [2.24, 2.45) is 5.73 Å². The van der Waals surface area contributed by atoms with E-state index < -0.39 is 0 Å². The van der Waals surface area contributed by atoms with E-state index in [1.54, 1.807) is 0 Å². The first-order valence-electron chi connectivity index (χ1n) is 5.40. The molecule has 2 N–H and O–H groups in total. The Balaban J connectivity index is 2.52. The molecule has 1 aromatic carbocycles. The Labute approximate surface area is 102 Å². The Morgan fingerprint density at radius 2 is 2.12 bits per heavy atom. The standard InChI is InChI=1S/C12H19ClN2O/c1-15(2)7-4-8-16-12-10(9-14)5-3-6-11(12)13/h3,5-6H,4,7-9,14H2,1-2H3. The number of ether oxygens (including phenoxy) is 1. The molecule has 0 unspecified atom stereocenters. The van der Waals surface area contributed by atoms with Crippen LogP contribution in [0.5, 0.6) is 5.75 Å². The molecule has 0 aliphatic heterocycles. The van der Waals surface area contributed by atoms with Crippen LogP contribution in [0.1, 0.15) is 12.0 Å². The maximum Gasteiger partial charge on any atom is 0.142 e. The third-order valence-electron chi connectivity index (χ3n) is 2.26. The first kappa shape index (κ1) is 13.3. The molecule has 0 aliphatic rings. The maximum atomic E-state index is 6.06. The topological polar surface area (TPSA) is 38.5 Å². The zero-order valence-corrected chi connectivity index (χ0v) is 10.6. The molecule has 4 heteroatoms. The van der Waals surface area contributed by atoms with E-state index in [9.17, 15) is 0 Å². The summed E-state index contributed by atoms with van der Waals surface area (Å²) in [4.78, 5) is 2.12. The van der Waals surface area contributed by atoms with Crippen LogP contribution in [0.15, 0.2) is 18.2 Å². The Morgan fingerprint density at radius 1 is 1.38 bits per heavy atom. The molecule has 0 aliphatic carbocycles. The average molecular weight is 243 g/mol. The van der Waals surface area contributed by atoms with Gasteiger partial charge in [-0.2, -0.15) is 0 Å². The number of nitrogens with zero attached hydrogens (tertiary/aromatic N) is 1. The fraction of sp³-hybridized carbons (Fsp3) is 0.500. The molecule has 1 rings (SSSR count). The molecule has 90 valence electrons. The normalized spacial score (nSPS) is 10.8. The van der Waals surface area contributed by atoms with Crippen molar-refractivity contribution in [1.29, 1.82) is 0 Å². The lowest BCUT2D eigenvalue weighted by molar-refractivity contribution is 0.279. The summed E-state index contributed by atoms with van der Waals surface area (Å²) >= 11 is 6.06. The molecule has 0 radical (unpaired) electrons. The number of rotatable bonds is 6. The molecule has 0 saturated carbocycles. The van der Waals surface area contributed by atoms with Crippen molar-refractivity contribution in [1.82, 2.24) is 4.90 Å². The second kappa shape index (κ2) is 6.74. The summed E-state index contributed by atoms with van der Waals surface area (Å²) in [7, 11) is 4.08. The lowest BCUT2D eigenvalue weighted by Gasteiger charge is -2.13. The maximum absolute atomic E-state index is 6.06. The van der Waals surface area contributed by atoms with Gasteiger partial charge in [-0.15, -0.1) is 0 Å². The van der Waals surface area contributed by atoms with Crippen LogP contribution in [-0.4, -0.2) is 32.1 Å². The Hall–Kier alpha value is -0.770. The number of nitrogens with two attached hydrogens (primary N) is 1. The first-order valence-corrected chi connectivity index (χ1v) is 5.78. The summed E-state index contributed by atoms with van der Waals surface area (Å²) in [6.45, 7) is 2.11. The predicted octanol–water partition coefficient (Wildman–Crippen LogP) is 2.13. The Morgan fingerprint density at radius 3 is 2.75 bits per heavy atom. The molecular weight excluding hydrogens is 224 g/mol. The third kappa shape index (κ3) is 4.00. The van der Waals surface area contributed by atoms with E-state index in [0.717, 1.165) is 24.3 Å². The quantitative estimate of drug-likeness (QED) is 0.777. The highest BCUT2D eigenvalue weighted by Crippen LogP contribution is 2.28. The molecule has 0 bridgehead atoms. The second-order valence-electron chi connectivity index (χ2n) is 3.94. The van der Waals surface area contributed by atoms with Crippen molar-refractivity contribution in [2.75, 3.05) is 27.2 Å². The Bertz CT molecular complexity index is 329. The van der Waals surface area contributed by atoms with E-state index >= 15 is 0 Å². The molecule has 0 atom stereocenters. The van der Waals surface area contributed by atoms with Crippen LogP contribution in [0.25, 0.3) is 0 Å². The first-order chi connectivity index (χ1) is 7.65. The zero-order chi connectivity index (χ0) is 12.0. The highest BCUT2D eigenvalue weighted by Gasteiger charge is 2.06. The van der Waals surface area contributed by atoms with E-state index in [2.05, 4.69) is 4.90 Å². The van der Waals surface area contributed by atoms with Gasteiger partial charge in [0.05, 0.1) is 11.6 Å². The number of halogens is 1. The van der Waals surface area contributed by atoms with Crippen molar-refractivity contribution in [3.05, 3.63) is 28.8 Å². The Kier molecular flexibility index (Phi) is 5.60. The van der Waals surface area contributed by atoms with Gasteiger partial charge in [0.25, 0.3) is 0 Å². The summed E-state index contributed by atoms with van der Waals surface area (Å²) in [6.07, 6.45) is 0.974. The summed E-state index contributed by atoms with van der Waals surface area (Å²) in [5, 5.41) is 0.632. The number of hydrogen-bond donors (Lipinski definition) is 1. The van der Waals surface area contributed by atoms with Gasteiger partial charge < -0.3 is 15.4 Å². The van der Waals surface area contributed by atoms with Crippen LogP contribution in [0.2, 0.25) is 5.02 Å². The highest BCUT2D eigenvalue weighted by molar-refractivity contribution is 6.32. The van der Waals surface area contributed by atoms with Crippen LogP contribution >= 0.6 is 11.6 Å².